The number of pyridine rings is 1. The summed E-state index contributed by atoms with van der Waals surface area (Å²) in [6.45, 7) is 0.163. The number of carbonyl (C=O) groups is 1. The summed E-state index contributed by atoms with van der Waals surface area (Å²) in [6, 6.07) is 8.57. The van der Waals surface area contributed by atoms with Gasteiger partial charge in [0, 0.05) is 18.7 Å². The van der Waals surface area contributed by atoms with Crippen molar-refractivity contribution in [3.8, 4) is 0 Å². The number of carboxylic acids is 1. The van der Waals surface area contributed by atoms with Crippen LogP contribution in [0.2, 0.25) is 0 Å². The van der Waals surface area contributed by atoms with Crippen LogP contribution in [0.25, 0.3) is 0 Å². The van der Waals surface area contributed by atoms with Crippen molar-refractivity contribution in [2.75, 3.05) is 6.54 Å². The van der Waals surface area contributed by atoms with Crippen LogP contribution in [0.4, 0.5) is 39.5 Å². The minimum Gasteiger partial charge on any atom is -0.481 e. The van der Waals surface area contributed by atoms with E-state index >= 15 is 0 Å². The van der Waals surface area contributed by atoms with Crippen molar-refractivity contribution in [1.82, 2.24) is 9.88 Å². The number of aromatic nitrogens is 1. The Kier molecular flexibility index (Phi) is 8.40. The minimum atomic E-state index is -4.74. The van der Waals surface area contributed by atoms with Crippen LogP contribution in [-0.2, 0) is 23.3 Å². The van der Waals surface area contributed by atoms with Gasteiger partial charge in [0.2, 0.25) is 0 Å². The second-order valence-corrected chi connectivity index (χ2v) is 9.86. The number of alkyl halides is 9. The molecule has 41 heavy (non-hydrogen) atoms. The number of carboxylic acid groups (broad SMARTS) is 1. The second-order valence-electron chi connectivity index (χ2n) is 9.86. The van der Waals surface area contributed by atoms with Gasteiger partial charge in [-0.15, -0.1) is 0 Å². The van der Waals surface area contributed by atoms with Crippen LogP contribution in [0, 0.1) is 5.92 Å². The fourth-order valence-corrected chi connectivity index (χ4v) is 5.18. The molecular formula is C28H23F9N2O2. The molecule has 0 spiro atoms. The van der Waals surface area contributed by atoms with Crippen molar-refractivity contribution in [1.29, 1.82) is 0 Å². The number of piperidine rings is 1. The molecule has 0 aliphatic carbocycles. The molecule has 0 saturated carbocycles. The largest absolute Gasteiger partial charge is 0.481 e. The number of hydrogen-bond acceptors (Lipinski definition) is 3. The number of aliphatic carboxylic acids is 1. The molecule has 0 bridgehead atoms. The average molecular weight is 590 g/mol. The van der Waals surface area contributed by atoms with E-state index in [1.165, 1.54) is 24.3 Å². The van der Waals surface area contributed by atoms with Crippen molar-refractivity contribution in [3.05, 3.63) is 100 Å². The SMILES string of the molecule is O=C(O)C[C@@H]1CCN([C@H](c2ccc(C(F)(F)F)cc2)c2ccc(C(F)(F)F)nc2)[C@H](c2ccc(C(F)(F)F)cc2)C1. The third-order valence-corrected chi connectivity index (χ3v) is 7.12. The van der Waals surface area contributed by atoms with Crippen molar-refractivity contribution >= 4 is 5.97 Å². The number of likely N-dealkylation sites (tertiary alicyclic amines) is 1. The van der Waals surface area contributed by atoms with Gasteiger partial charge < -0.3 is 5.11 Å². The molecule has 3 aromatic rings. The summed E-state index contributed by atoms with van der Waals surface area (Å²) in [5.74, 6) is -1.43. The summed E-state index contributed by atoms with van der Waals surface area (Å²) in [4.78, 5) is 16.7. The summed E-state index contributed by atoms with van der Waals surface area (Å²) < 4.78 is 119. The fourth-order valence-electron chi connectivity index (χ4n) is 5.18. The standard InChI is InChI=1S/C28H23F9N2O2/c29-26(30,31)20-6-1-17(2-7-20)22-13-16(14-24(40)41)11-12-39(22)25(18-3-8-21(9-4-18)27(32,33)34)19-5-10-23(38-15-19)28(35,36)37/h1-10,15-16,22,25H,11-14H2,(H,40,41)/t16-,22+,25-/m1/s1. The van der Waals surface area contributed by atoms with Crippen molar-refractivity contribution < 1.29 is 49.4 Å². The maximum Gasteiger partial charge on any atom is 0.433 e. The molecule has 0 radical (unpaired) electrons. The minimum absolute atomic E-state index is 0.163. The Morgan fingerprint density at radius 3 is 1.80 bits per heavy atom. The third kappa shape index (κ3) is 7.19. The molecule has 2 aromatic carbocycles. The molecule has 4 nitrogen and oxygen atoms in total. The Hall–Kier alpha value is -3.61. The van der Waals surface area contributed by atoms with Gasteiger partial charge in [0.25, 0.3) is 0 Å². The van der Waals surface area contributed by atoms with Crippen molar-refractivity contribution in [3.63, 3.8) is 0 Å². The Morgan fingerprint density at radius 2 is 1.34 bits per heavy atom. The van der Waals surface area contributed by atoms with Crippen LogP contribution < -0.4 is 0 Å². The van der Waals surface area contributed by atoms with Crippen LogP contribution in [-0.4, -0.2) is 27.5 Å². The molecule has 1 fully saturated rings. The lowest BCUT2D eigenvalue weighted by Gasteiger charge is -2.44. The van der Waals surface area contributed by atoms with E-state index in [9.17, 15) is 49.4 Å². The van der Waals surface area contributed by atoms with Gasteiger partial charge >= 0.3 is 24.5 Å². The quantitative estimate of drug-likeness (QED) is 0.295. The van der Waals surface area contributed by atoms with E-state index in [1.54, 1.807) is 4.90 Å². The van der Waals surface area contributed by atoms with E-state index in [4.69, 9.17) is 0 Å². The zero-order chi connectivity index (χ0) is 30.2. The number of hydrogen-bond donors (Lipinski definition) is 1. The van der Waals surface area contributed by atoms with Gasteiger partial charge in [-0.1, -0.05) is 30.3 Å². The molecule has 13 heteroatoms. The highest BCUT2D eigenvalue weighted by molar-refractivity contribution is 5.67. The highest BCUT2D eigenvalue weighted by Crippen LogP contribution is 2.44. The number of rotatable bonds is 6. The lowest BCUT2D eigenvalue weighted by Crippen LogP contribution is -2.40. The molecule has 4 rings (SSSR count). The summed E-state index contributed by atoms with van der Waals surface area (Å²) in [7, 11) is 0. The third-order valence-electron chi connectivity index (χ3n) is 7.12. The summed E-state index contributed by atoms with van der Waals surface area (Å²) in [5, 5.41) is 9.33. The summed E-state index contributed by atoms with van der Waals surface area (Å²) >= 11 is 0. The van der Waals surface area contributed by atoms with Gasteiger partial charge in [-0.25, -0.2) is 0 Å². The molecule has 1 saturated heterocycles. The molecule has 1 aliphatic heterocycles. The Bertz CT molecular complexity index is 1280. The van der Waals surface area contributed by atoms with E-state index in [0.29, 0.717) is 12.0 Å². The Labute approximate surface area is 228 Å². The summed E-state index contributed by atoms with van der Waals surface area (Å²) in [6.07, 6.45) is -12.7. The van der Waals surface area contributed by atoms with Gasteiger partial charge in [0.15, 0.2) is 0 Å². The highest BCUT2D eigenvalue weighted by Gasteiger charge is 2.39. The first kappa shape index (κ1) is 30.4. The maximum absolute atomic E-state index is 13.2. The maximum atomic E-state index is 13.2. The number of benzene rings is 2. The predicted molar refractivity (Wildman–Crippen MR) is 128 cm³/mol. The molecule has 1 aliphatic rings. The van der Waals surface area contributed by atoms with E-state index < -0.39 is 53.4 Å². The van der Waals surface area contributed by atoms with E-state index in [2.05, 4.69) is 4.98 Å². The molecule has 220 valence electrons. The van der Waals surface area contributed by atoms with E-state index in [-0.39, 0.29) is 36.4 Å². The lowest BCUT2D eigenvalue weighted by atomic mass is 9.82. The molecular weight excluding hydrogens is 567 g/mol. The van der Waals surface area contributed by atoms with Crippen LogP contribution in [0.5, 0.6) is 0 Å². The topological polar surface area (TPSA) is 53.4 Å². The van der Waals surface area contributed by atoms with Crippen molar-refractivity contribution in [2.45, 2.75) is 49.9 Å². The van der Waals surface area contributed by atoms with Crippen molar-refractivity contribution in [2.24, 2.45) is 5.92 Å². The van der Waals surface area contributed by atoms with Crippen LogP contribution in [0.3, 0.4) is 0 Å². The predicted octanol–water partition coefficient (Wildman–Crippen LogP) is 8.16. The molecule has 1 N–H and O–H groups in total. The van der Waals surface area contributed by atoms with Gasteiger partial charge in [-0.05, 0) is 72.3 Å². The smallest absolute Gasteiger partial charge is 0.433 e. The lowest BCUT2D eigenvalue weighted by molar-refractivity contribution is -0.141. The average Bonchev–Trinajstić information content (AvgIpc) is 2.88. The molecule has 0 amide bonds. The second kappa shape index (κ2) is 11.3. The van der Waals surface area contributed by atoms with E-state index in [0.717, 1.165) is 42.6 Å². The highest BCUT2D eigenvalue weighted by atomic mass is 19.4. The molecule has 3 atom stereocenters. The van der Waals surface area contributed by atoms with Gasteiger partial charge in [0.05, 0.1) is 17.2 Å². The molecule has 2 heterocycles. The fraction of sp³-hybridized carbons (Fsp3) is 0.357. The first-order valence-electron chi connectivity index (χ1n) is 12.4. The van der Waals surface area contributed by atoms with Crippen LogP contribution in [0.1, 0.15) is 64.9 Å². The van der Waals surface area contributed by atoms with Gasteiger partial charge in [0.1, 0.15) is 5.69 Å². The Balaban J connectivity index is 1.81. The van der Waals surface area contributed by atoms with Gasteiger partial charge in [-0.3, -0.25) is 14.7 Å². The van der Waals surface area contributed by atoms with Crippen LogP contribution >= 0.6 is 0 Å². The zero-order valence-electron chi connectivity index (χ0n) is 21.1. The van der Waals surface area contributed by atoms with Crippen LogP contribution in [0.15, 0.2) is 66.9 Å². The molecule has 0 unspecified atom stereocenters. The summed E-state index contributed by atoms with van der Waals surface area (Å²) in [5.41, 5.74) is -2.13. The number of nitrogens with zero attached hydrogens (tertiary/aromatic N) is 2. The Morgan fingerprint density at radius 1 is 0.805 bits per heavy atom. The normalized spacial score (nSPS) is 19.6. The molecule has 1 aromatic heterocycles. The van der Waals surface area contributed by atoms with Gasteiger partial charge in [-0.2, -0.15) is 39.5 Å². The number of halogens is 9. The first-order chi connectivity index (χ1) is 19.0. The monoisotopic (exact) mass is 590 g/mol. The van der Waals surface area contributed by atoms with E-state index in [1.807, 2.05) is 0 Å². The zero-order valence-corrected chi connectivity index (χ0v) is 21.1. The first-order valence-corrected chi connectivity index (χ1v) is 12.4.